The second-order valence-corrected chi connectivity index (χ2v) is 10.6. The van der Waals surface area contributed by atoms with Crippen LogP contribution in [0.1, 0.15) is 48.2 Å². The third-order valence-corrected chi connectivity index (χ3v) is 7.70. The van der Waals surface area contributed by atoms with E-state index in [2.05, 4.69) is 22.1 Å². The Bertz CT molecular complexity index is 1700. The molecule has 0 aliphatic heterocycles. The van der Waals surface area contributed by atoms with Gasteiger partial charge in [-0.05, 0) is 59.7 Å². The van der Waals surface area contributed by atoms with E-state index in [9.17, 15) is 4.79 Å². The number of para-hydroxylation sites is 2. The second kappa shape index (κ2) is 12.2. The molecule has 4 aromatic carbocycles. The molecule has 0 bridgehead atoms. The summed E-state index contributed by atoms with van der Waals surface area (Å²) in [5.41, 5.74) is 5.58. The average Bonchev–Trinajstić information content (AvgIpc) is 3.05. The van der Waals surface area contributed by atoms with Gasteiger partial charge in [0.1, 0.15) is 30.5 Å². The van der Waals surface area contributed by atoms with Gasteiger partial charge in [0, 0.05) is 22.6 Å². The maximum Gasteiger partial charge on any atom is 0.147 e. The Morgan fingerprint density at radius 1 is 0.548 bits per heavy atom. The van der Waals surface area contributed by atoms with Gasteiger partial charge in [-0.25, -0.2) is 9.97 Å². The van der Waals surface area contributed by atoms with Crippen molar-refractivity contribution < 1.29 is 14.3 Å². The molecule has 0 spiro atoms. The lowest BCUT2D eigenvalue weighted by molar-refractivity contribution is -0.121. The van der Waals surface area contributed by atoms with E-state index in [1.54, 1.807) is 0 Å². The topological polar surface area (TPSA) is 61.3 Å². The third kappa shape index (κ3) is 6.16. The number of carbonyl (C=O) groups excluding carboxylic acids is 1. The molecule has 2 aromatic heterocycles. The van der Waals surface area contributed by atoms with Crippen molar-refractivity contribution in [2.75, 3.05) is 0 Å². The van der Waals surface area contributed by atoms with Crippen molar-refractivity contribution in [1.82, 2.24) is 9.97 Å². The van der Waals surface area contributed by atoms with Crippen LogP contribution >= 0.6 is 0 Å². The summed E-state index contributed by atoms with van der Waals surface area (Å²) in [7, 11) is 0. The molecule has 42 heavy (non-hydrogen) atoms. The number of aromatic nitrogens is 2. The smallest absolute Gasteiger partial charge is 0.147 e. The van der Waals surface area contributed by atoms with Gasteiger partial charge in [0.15, 0.2) is 0 Å². The SMILES string of the molecule is CC(C(=O)C(C)c1ccc(OCc2ccc3ccccc3n2)cc1)c1ccc(OCc2ccc3ccccc3n2)cc1. The largest absolute Gasteiger partial charge is 0.487 e. The van der Waals surface area contributed by atoms with Gasteiger partial charge in [-0.2, -0.15) is 0 Å². The van der Waals surface area contributed by atoms with E-state index in [-0.39, 0.29) is 17.6 Å². The molecule has 5 nitrogen and oxygen atoms in total. The fraction of sp³-hybridized carbons (Fsp3) is 0.162. The van der Waals surface area contributed by atoms with Crippen molar-refractivity contribution >= 4 is 27.6 Å². The van der Waals surface area contributed by atoms with Gasteiger partial charge in [0.2, 0.25) is 0 Å². The number of fused-ring (bicyclic) bond motifs is 2. The van der Waals surface area contributed by atoms with Crippen LogP contribution in [0.3, 0.4) is 0 Å². The molecule has 0 aliphatic rings. The number of carbonyl (C=O) groups is 1. The zero-order valence-corrected chi connectivity index (χ0v) is 23.7. The predicted octanol–water partition coefficient (Wildman–Crippen LogP) is 8.42. The molecular weight excluding hydrogens is 520 g/mol. The van der Waals surface area contributed by atoms with E-state index in [1.165, 1.54) is 0 Å². The number of hydrogen-bond acceptors (Lipinski definition) is 5. The number of pyridine rings is 2. The number of nitrogens with zero attached hydrogens (tertiary/aromatic N) is 2. The van der Waals surface area contributed by atoms with Crippen LogP contribution in [0.4, 0.5) is 0 Å². The summed E-state index contributed by atoms with van der Waals surface area (Å²) in [5, 5.41) is 2.22. The number of ketones is 1. The Labute approximate surface area is 245 Å². The molecule has 0 saturated carbocycles. The number of Topliss-reactive ketones (excluding diaryl/α,β-unsaturated/α-hetero) is 1. The highest BCUT2D eigenvalue weighted by Crippen LogP contribution is 2.29. The van der Waals surface area contributed by atoms with Crippen LogP contribution < -0.4 is 9.47 Å². The van der Waals surface area contributed by atoms with Gasteiger partial charge in [0.25, 0.3) is 0 Å². The molecule has 0 radical (unpaired) electrons. The van der Waals surface area contributed by atoms with Crippen molar-refractivity contribution in [3.8, 4) is 11.5 Å². The summed E-state index contributed by atoms with van der Waals surface area (Å²) >= 11 is 0. The first kappa shape index (κ1) is 27.2. The number of ether oxygens (including phenoxy) is 2. The number of rotatable bonds is 10. The minimum absolute atomic E-state index is 0.165. The first-order valence-electron chi connectivity index (χ1n) is 14.2. The minimum Gasteiger partial charge on any atom is -0.487 e. The molecule has 0 N–H and O–H groups in total. The highest BCUT2D eigenvalue weighted by atomic mass is 16.5. The molecule has 0 fully saturated rings. The van der Waals surface area contributed by atoms with E-state index in [4.69, 9.17) is 9.47 Å². The summed E-state index contributed by atoms with van der Waals surface area (Å²) in [6, 6.07) is 39.7. The summed E-state index contributed by atoms with van der Waals surface area (Å²) in [6.07, 6.45) is 0. The van der Waals surface area contributed by atoms with Gasteiger partial charge >= 0.3 is 0 Å². The predicted molar refractivity (Wildman–Crippen MR) is 167 cm³/mol. The van der Waals surface area contributed by atoms with Crippen molar-refractivity contribution in [1.29, 1.82) is 0 Å². The van der Waals surface area contributed by atoms with Crippen LogP contribution in [0.5, 0.6) is 11.5 Å². The monoisotopic (exact) mass is 552 g/mol. The maximum atomic E-state index is 13.4. The van der Waals surface area contributed by atoms with E-state index in [0.29, 0.717) is 13.2 Å². The van der Waals surface area contributed by atoms with Gasteiger partial charge < -0.3 is 9.47 Å². The third-order valence-electron chi connectivity index (χ3n) is 7.70. The minimum atomic E-state index is -0.244. The molecule has 6 rings (SSSR count). The van der Waals surface area contributed by atoms with Gasteiger partial charge in [-0.3, -0.25) is 4.79 Å². The summed E-state index contributed by atoms with van der Waals surface area (Å²) in [5.74, 6) is 1.17. The Balaban J connectivity index is 1.03. The molecule has 0 saturated heterocycles. The lowest BCUT2D eigenvalue weighted by atomic mass is 9.86. The zero-order valence-electron chi connectivity index (χ0n) is 23.7. The van der Waals surface area contributed by atoms with Crippen LogP contribution in [0.25, 0.3) is 21.8 Å². The highest BCUT2D eigenvalue weighted by molar-refractivity contribution is 5.91. The molecular formula is C37H32N2O3. The van der Waals surface area contributed by atoms with Crippen LogP contribution in [-0.2, 0) is 18.0 Å². The molecule has 0 amide bonds. The van der Waals surface area contributed by atoms with Gasteiger partial charge in [-0.15, -0.1) is 0 Å². The standard InChI is InChI=1S/C37H32N2O3/c1-25(27-13-19-33(20-14-27)41-23-31-17-11-29-7-3-5-9-35(29)38-31)37(40)26(2)28-15-21-34(22-16-28)42-24-32-18-12-30-8-4-6-10-36(30)39-32/h3-22,25-26H,23-24H2,1-2H3. The van der Waals surface area contributed by atoms with E-state index < -0.39 is 0 Å². The highest BCUT2D eigenvalue weighted by Gasteiger charge is 2.23. The lowest BCUT2D eigenvalue weighted by Crippen LogP contribution is -2.16. The molecule has 2 atom stereocenters. The van der Waals surface area contributed by atoms with Crippen LogP contribution in [0, 0.1) is 0 Å². The van der Waals surface area contributed by atoms with E-state index >= 15 is 0 Å². The fourth-order valence-corrected chi connectivity index (χ4v) is 5.10. The molecule has 2 unspecified atom stereocenters. The maximum absolute atomic E-state index is 13.4. The number of hydrogen-bond donors (Lipinski definition) is 0. The number of benzene rings is 4. The van der Waals surface area contributed by atoms with E-state index in [0.717, 1.165) is 55.8 Å². The van der Waals surface area contributed by atoms with Crippen molar-refractivity contribution in [2.24, 2.45) is 0 Å². The Morgan fingerprint density at radius 3 is 1.38 bits per heavy atom. The first-order valence-corrected chi connectivity index (χ1v) is 14.2. The Morgan fingerprint density at radius 2 is 0.952 bits per heavy atom. The lowest BCUT2D eigenvalue weighted by Gasteiger charge is -2.18. The fourth-order valence-electron chi connectivity index (χ4n) is 5.10. The molecule has 5 heteroatoms. The normalized spacial score (nSPS) is 12.6. The van der Waals surface area contributed by atoms with Crippen molar-refractivity contribution in [3.63, 3.8) is 0 Å². The summed E-state index contributed by atoms with van der Waals surface area (Å²) < 4.78 is 11.9. The Hall–Kier alpha value is -5.03. The molecule has 6 aromatic rings. The van der Waals surface area contributed by atoms with E-state index in [1.807, 2.05) is 123 Å². The quantitative estimate of drug-likeness (QED) is 0.171. The summed E-state index contributed by atoms with van der Waals surface area (Å²) in [4.78, 5) is 22.7. The van der Waals surface area contributed by atoms with Crippen LogP contribution in [0.15, 0.2) is 121 Å². The first-order chi connectivity index (χ1) is 20.5. The van der Waals surface area contributed by atoms with Gasteiger partial charge in [-0.1, -0.05) is 86.6 Å². The second-order valence-electron chi connectivity index (χ2n) is 10.6. The average molecular weight is 553 g/mol. The summed E-state index contributed by atoms with van der Waals surface area (Å²) in [6.45, 7) is 4.69. The zero-order chi connectivity index (χ0) is 28.9. The molecule has 2 heterocycles. The van der Waals surface area contributed by atoms with Gasteiger partial charge in [0.05, 0.1) is 22.4 Å². The van der Waals surface area contributed by atoms with Crippen molar-refractivity contribution in [2.45, 2.75) is 38.9 Å². The van der Waals surface area contributed by atoms with Crippen LogP contribution in [-0.4, -0.2) is 15.8 Å². The van der Waals surface area contributed by atoms with Crippen molar-refractivity contribution in [3.05, 3.63) is 144 Å². The molecule has 0 aliphatic carbocycles. The molecule has 208 valence electrons. The van der Waals surface area contributed by atoms with Crippen LogP contribution in [0.2, 0.25) is 0 Å². The Kier molecular flexibility index (Phi) is 7.91.